The van der Waals surface area contributed by atoms with Gasteiger partial charge in [-0.2, -0.15) is 0 Å². The van der Waals surface area contributed by atoms with Gasteiger partial charge in [-0.25, -0.2) is 0 Å². The van der Waals surface area contributed by atoms with Gasteiger partial charge in [0.2, 0.25) is 0 Å². The van der Waals surface area contributed by atoms with Crippen LogP contribution in [0.2, 0.25) is 0 Å². The zero-order chi connectivity index (χ0) is 10.6. The van der Waals surface area contributed by atoms with E-state index in [0.717, 1.165) is 36.5 Å². The lowest BCUT2D eigenvalue weighted by molar-refractivity contribution is 0.109. The zero-order valence-electron chi connectivity index (χ0n) is 8.54. The summed E-state index contributed by atoms with van der Waals surface area (Å²) in [6.45, 7) is 3.89. The second-order valence-corrected chi connectivity index (χ2v) is 3.35. The molecule has 74 valence electrons. The molecule has 0 N–H and O–H groups in total. The molecule has 0 amide bonds. The lowest BCUT2D eigenvalue weighted by atomic mass is 9.96. The van der Waals surface area contributed by atoms with E-state index in [2.05, 4.69) is 6.92 Å². The van der Waals surface area contributed by atoms with Crippen LogP contribution in [0.25, 0.3) is 0 Å². The highest BCUT2D eigenvalue weighted by molar-refractivity contribution is 5.93. The van der Waals surface area contributed by atoms with Crippen molar-refractivity contribution in [2.24, 2.45) is 0 Å². The predicted molar refractivity (Wildman–Crippen MR) is 55.9 cm³/mol. The Kier molecular flexibility index (Phi) is 3.57. The van der Waals surface area contributed by atoms with Crippen molar-refractivity contribution < 1.29 is 9.59 Å². The Labute approximate surface area is 83.9 Å². The van der Waals surface area contributed by atoms with Gasteiger partial charge in [0.15, 0.2) is 12.6 Å². The predicted octanol–water partition coefficient (Wildman–Crippen LogP) is 2.57. The van der Waals surface area contributed by atoms with E-state index in [-0.39, 0.29) is 0 Å². The fraction of sp³-hybridized carbons (Fsp3) is 0.333. The Morgan fingerprint density at radius 3 is 2.29 bits per heavy atom. The first-order valence-electron chi connectivity index (χ1n) is 4.77. The number of carbonyl (C=O) groups is 2. The second-order valence-electron chi connectivity index (χ2n) is 3.35. The summed E-state index contributed by atoms with van der Waals surface area (Å²) in [7, 11) is 0. The average Bonchev–Trinajstić information content (AvgIpc) is 2.20. The second kappa shape index (κ2) is 4.70. The number of rotatable bonds is 4. The molecule has 0 aliphatic rings. The molecule has 0 fully saturated rings. The Hall–Kier alpha value is -1.44. The molecule has 0 saturated carbocycles. The SMILES string of the molecule is CCCc1ccc(C)c(C=O)c1C=O. The molecule has 0 unspecified atom stereocenters. The highest BCUT2D eigenvalue weighted by Crippen LogP contribution is 2.17. The van der Waals surface area contributed by atoms with Crippen LogP contribution in [0.5, 0.6) is 0 Å². The largest absolute Gasteiger partial charge is 0.298 e. The highest BCUT2D eigenvalue weighted by atomic mass is 16.1. The third kappa shape index (κ3) is 1.90. The fourth-order valence-corrected chi connectivity index (χ4v) is 1.57. The Balaban J connectivity index is 3.32. The van der Waals surface area contributed by atoms with Crippen LogP contribution in [0.15, 0.2) is 12.1 Å². The Morgan fingerprint density at radius 2 is 1.79 bits per heavy atom. The molecule has 2 heteroatoms. The molecule has 0 aliphatic heterocycles. The van der Waals surface area contributed by atoms with Gasteiger partial charge in [-0.15, -0.1) is 0 Å². The normalized spacial score (nSPS) is 9.86. The summed E-state index contributed by atoms with van der Waals surface area (Å²) in [6.07, 6.45) is 3.36. The molecule has 1 aromatic carbocycles. The average molecular weight is 190 g/mol. The molecule has 0 radical (unpaired) electrons. The summed E-state index contributed by atoms with van der Waals surface area (Å²) in [6, 6.07) is 3.82. The summed E-state index contributed by atoms with van der Waals surface area (Å²) < 4.78 is 0. The van der Waals surface area contributed by atoms with Crippen LogP contribution in [0.3, 0.4) is 0 Å². The van der Waals surface area contributed by atoms with Gasteiger partial charge in [0.25, 0.3) is 0 Å². The third-order valence-electron chi connectivity index (χ3n) is 2.35. The van der Waals surface area contributed by atoms with Crippen LogP contribution in [-0.2, 0) is 6.42 Å². The molecular formula is C12H14O2. The van der Waals surface area contributed by atoms with Crippen LogP contribution >= 0.6 is 0 Å². The van der Waals surface area contributed by atoms with Gasteiger partial charge in [-0.1, -0.05) is 25.5 Å². The van der Waals surface area contributed by atoms with Gasteiger partial charge in [0.05, 0.1) is 0 Å². The number of carbonyl (C=O) groups excluding carboxylic acids is 2. The van der Waals surface area contributed by atoms with Crippen LogP contribution in [0.1, 0.15) is 45.2 Å². The van der Waals surface area contributed by atoms with Crippen molar-refractivity contribution in [2.45, 2.75) is 26.7 Å². The van der Waals surface area contributed by atoms with Crippen molar-refractivity contribution in [3.8, 4) is 0 Å². The van der Waals surface area contributed by atoms with E-state index in [1.165, 1.54) is 0 Å². The number of aldehydes is 2. The standard InChI is InChI=1S/C12H14O2/c1-3-4-10-6-5-9(2)11(7-13)12(10)8-14/h5-8H,3-4H2,1-2H3. The van der Waals surface area contributed by atoms with Crippen LogP contribution in [0.4, 0.5) is 0 Å². The van der Waals surface area contributed by atoms with Gasteiger partial charge < -0.3 is 0 Å². The molecule has 0 aromatic heterocycles. The summed E-state index contributed by atoms with van der Waals surface area (Å²) in [4.78, 5) is 21.7. The van der Waals surface area contributed by atoms with Gasteiger partial charge in [0, 0.05) is 11.1 Å². The van der Waals surface area contributed by atoms with Crippen molar-refractivity contribution >= 4 is 12.6 Å². The highest BCUT2D eigenvalue weighted by Gasteiger charge is 2.08. The minimum absolute atomic E-state index is 0.533. The smallest absolute Gasteiger partial charge is 0.151 e. The molecule has 0 heterocycles. The van der Waals surface area contributed by atoms with Crippen molar-refractivity contribution in [3.63, 3.8) is 0 Å². The van der Waals surface area contributed by atoms with E-state index >= 15 is 0 Å². The monoisotopic (exact) mass is 190 g/mol. The number of aryl methyl sites for hydroxylation is 2. The first-order valence-corrected chi connectivity index (χ1v) is 4.77. The molecule has 14 heavy (non-hydrogen) atoms. The summed E-state index contributed by atoms with van der Waals surface area (Å²) in [5.41, 5.74) is 2.92. The maximum atomic E-state index is 10.9. The van der Waals surface area contributed by atoms with Crippen molar-refractivity contribution in [2.75, 3.05) is 0 Å². The van der Waals surface area contributed by atoms with Gasteiger partial charge >= 0.3 is 0 Å². The van der Waals surface area contributed by atoms with E-state index in [9.17, 15) is 9.59 Å². The van der Waals surface area contributed by atoms with E-state index in [1.54, 1.807) is 0 Å². The maximum absolute atomic E-state index is 10.9. The van der Waals surface area contributed by atoms with Crippen LogP contribution in [0, 0.1) is 6.92 Å². The van der Waals surface area contributed by atoms with Crippen LogP contribution < -0.4 is 0 Å². The quantitative estimate of drug-likeness (QED) is 0.684. The first kappa shape index (κ1) is 10.6. The number of benzene rings is 1. The third-order valence-corrected chi connectivity index (χ3v) is 2.35. The molecule has 2 nitrogen and oxygen atoms in total. The molecule has 0 spiro atoms. The van der Waals surface area contributed by atoms with Crippen molar-refractivity contribution in [1.29, 1.82) is 0 Å². The molecule has 0 aliphatic carbocycles. The first-order chi connectivity index (χ1) is 6.74. The lowest BCUT2D eigenvalue weighted by Gasteiger charge is -2.07. The lowest BCUT2D eigenvalue weighted by Crippen LogP contribution is -2.00. The summed E-state index contributed by atoms with van der Waals surface area (Å²) >= 11 is 0. The Morgan fingerprint density at radius 1 is 1.14 bits per heavy atom. The summed E-state index contributed by atoms with van der Waals surface area (Å²) in [5.74, 6) is 0. The van der Waals surface area contributed by atoms with Gasteiger partial charge in [-0.3, -0.25) is 9.59 Å². The number of hydrogen-bond donors (Lipinski definition) is 0. The van der Waals surface area contributed by atoms with Crippen molar-refractivity contribution in [3.05, 3.63) is 34.4 Å². The van der Waals surface area contributed by atoms with E-state index in [0.29, 0.717) is 11.1 Å². The van der Waals surface area contributed by atoms with Crippen molar-refractivity contribution in [1.82, 2.24) is 0 Å². The molecule has 0 bridgehead atoms. The molecular weight excluding hydrogens is 176 g/mol. The number of hydrogen-bond acceptors (Lipinski definition) is 2. The molecule has 1 aromatic rings. The van der Waals surface area contributed by atoms with Gasteiger partial charge in [-0.05, 0) is 24.5 Å². The van der Waals surface area contributed by atoms with Crippen LogP contribution in [-0.4, -0.2) is 12.6 Å². The minimum atomic E-state index is 0.533. The fourth-order valence-electron chi connectivity index (χ4n) is 1.57. The molecule has 1 rings (SSSR count). The zero-order valence-corrected chi connectivity index (χ0v) is 8.54. The molecule has 0 atom stereocenters. The topological polar surface area (TPSA) is 34.1 Å². The van der Waals surface area contributed by atoms with E-state index < -0.39 is 0 Å². The van der Waals surface area contributed by atoms with Gasteiger partial charge in [0.1, 0.15) is 0 Å². The minimum Gasteiger partial charge on any atom is -0.298 e. The maximum Gasteiger partial charge on any atom is 0.151 e. The van der Waals surface area contributed by atoms with E-state index in [1.807, 2.05) is 19.1 Å². The molecule has 0 saturated heterocycles. The summed E-state index contributed by atoms with van der Waals surface area (Å²) in [5, 5.41) is 0. The Bertz CT molecular complexity index is 354. The van der Waals surface area contributed by atoms with E-state index in [4.69, 9.17) is 0 Å².